The fraction of sp³-hybridized carbons (Fsp3) is 0.316. The molecule has 0 aromatic heterocycles. The summed E-state index contributed by atoms with van der Waals surface area (Å²) in [7, 11) is 0. The van der Waals surface area contributed by atoms with E-state index in [1.54, 1.807) is 30.3 Å². The lowest BCUT2D eigenvalue weighted by Gasteiger charge is -2.36. The molecule has 1 aliphatic heterocycles. The van der Waals surface area contributed by atoms with E-state index in [2.05, 4.69) is 15.1 Å². The molecule has 1 amide bonds. The molecule has 3 rings (SSSR count). The number of hydrogen-bond donors (Lipinski definition) is 1. The Kier molecular flexibility index (Phi) is 6.35. The number of benzene rings is 2. The number of nitrogens with one attached hydrogen (secondary N) is 1. The minimum Gasteiger partial charge on any atom is -0.369 e. The van der Waals surface area contributed by atoms with Gasteiger partial charge in [-0.2, -0.15) is 0 Å². The lowest BCUT2D eigenvalue weighted by molar-refractivity contribution is -0.116. The zero-order valence-corrected chi connectivity index (χ0v) is 15.7. The molecule has 7 heteroatoms. The number of rotatable bonds is 5. The van der Waals surface area contributed by atoms with Crippen molar-refractivity contribution in [3.8, 4) is 0 Å². The minimum atomic E-state index is -0.224. The Morgan fingerprint density at radius 2 is 1.73 bits per heavy atom. The summed E-state index contributed by atoms with van der Waals surface area (Å²) in [4.78, 5) is 16.6. The van der Waals surface area contributed by atoms with E-state index in [9.17, 15) is 9.18 Å². The molecule has 0 bridgehead atoms. The van der Waals surface area contributed by atoms with Crippen molar-refractivity contribution in [1.82, 2.24) is 4.90 Å². The molecule has 26 heavy (non-hydrogen) atoms. The van der Waals surface area contributed by atoms with Crippen LogP contribution in [0, 0.1) is 5.82 Å². The van der Waals surface area contributed by atoms with Gasteiger partial charge in [0.15, 0.2) is 0 Å². The van der Waals surface area contributed by atoms with Gasteiger partial charge in [-0.25, -0.2) is 4.39 Å². The van der Waals surface area contributed by atoms with E-state index >= 15 is 0 Å². The van der Waals surface area contributed by atoms with E-state index in [1.165, 1.54) is 12.1 Å². The molecule has 1 saturated heterocycles. The maximum atomic E-state index is 13.0. The van der Waals surface area contributed by atoms with Gasteiger partial charge in [0.2, 0.25) is 5.91 Å². The smallest absolute Gasteiger partial charge is 0.225 e. The molecule has 0 radical (unpaired) electrons. The van der Waals surface area contributed by atoms with E-state index in [0.717, 1.165) is 31.9 Å². The van der Waals surface area contributed by atoms with Crippen molar-refractivity contribution >= 4 is 40.5 Å². The van der Waals surface area contributed by atoms with Crippen LogP contribution in [0.25, 0.3) is 0 Å². The van der Waals surface area contributed by atoms with Crippen molar-refractivity contribution in [3.63, 3.8) is 0 Å². The standard InChI is InChI=1S/C19H20Cl2FN3O/c20-14-1-6-17(21)18(13-14)23-19(26)7-8-24-9-11-25(12-10-24)16-4-2-15(22)3-5-16/h1-6,13H,7-12H2,(H,23,26). The number of piperazine rings is 1. The average molecular weight is 396 g/mol. The summed E-state index contributed by atoms with van der Waals surface area (Å²) < 4.78 is 13.0. The highest BCUT2D eigenvalue weighted by Gasteiger charge is 2.18. The third-order valence-electron chi connectivity index (χ3n) is 4.42. The van der Waals surface area contributed by atoms with Crippen LogP contribution >= 0.6 is 23.2 Å². The number of halogens is 3. The molecule has 0 saturated carbocycles. The van der Waals surface area contributed by atoms with Crippen LogP contribution < -0.4 is 10.2 Å². The van der Waals surface area contributed by atoms with E-state index in [0.29, 0.717) is 28.7 Å². The SMILES string of the molecule is O=C(CCN1CCN(c2ccc(F)cc2)CC1)Nc1cc(Cl)ccc1Cl. The summed E-state index contributed by atoms with van der Waals surface area (Å²) in [5.41, 5.74) is 1.56. The van der Waals surface area contributed by atoms with Crippen LogP contribution in [-0.2, 0) is 4.79 Å². The molecular weight excluding hydrogens is 376 g/mol. The Balaban J connectivity index is 1.44. The highest BCUT2D eigenvalue weighted by atomic mass is 35.5. The van der Waals surface area contributed by atoms with Crippen LogP contribution in [0.4, 0.5) is 15.8 Å². The number of carbonyl (C=O) groups is 1. The van der Waals surface area contributed by atoms with Gasteiger partial charge in [-0.15, -0.1) is 0 Å². The lowest BCUT2D eigenvalue weighted by Crippen LogP contribution is -2.47. The topological polar surface area (TPSA) is 35.6 Å². The zero-order chi connectivity index (χ0) is 18.5. The summed E-state index contributed by atoms with van der Waals surface area (Å²) in [6, 6.07) is 11.5. The molecule has 2 aromatic carbocycles. The fourth-order valence-electron chi connectivity index (χ4n) is 2.95. The Hall–Kier alpha value is -1.82. The predicted molar refractivity (Wildman–Crippen MR) is 105 cm³/mol. The molecule has 0 aliphatic carbocycles. The molecule has 1 aliphatic rings. The minimum absolute atomic E-state index is 0.0878. The highest BCUT2D eigenvalue weighted by Crippen LogP contribution is 2.25. The second-order valence-corrected chi connectivity index (χ2v) is 7.07. The van der Waals surface area contributed by atoms with Crippen LogP contribution in [0.2, 0.25) is 10.0 Å². The van der Waals surface area contributed by atoms with Crippen LogP contribution in [0.3, 0.4) is 0 Å². The lowest BCUT2D eigenvalue weighted by atomic mass is 10.2. The molecule has 0 atom stereocenters. The molecule has 1 fully saturated rings. The van der Waals surface area contributed by atoms with Crippen LogP contribution in [0.5, 0.6) is 0 Å². The van der Waals surface area contributed by atoms with Crippen molar-refractivity contribution in [2.75, 3.05) is 42.9 Å². The first-order valence-corrected chi connectivity index (χ1v) is 9.24. The number of hydrogen-bond acceptors (Lipinski definition) is 3. The molecule has 4 nitrogen and oxygen atoms in total. The molecule has 138 valence electrons. The quantitative estimate of drug-likeness (QED) is 0.820. The van der Waals surface area contributed by atoms with Gasteiger partial charge in [0.05, 0.1) is 10.7 Å². The monoisotopic (exact) mass is 395 g/mol. The number of nitrogens with zero attached hydrogens (tertiary/aromatic N) is 2. The molecular formula is C19H20Cl2FN3O. The van der Waals surface area contributed by atoms with E-state index < -0.39 is 0 Å². The average Bonchev–Trinajstić information content (AvgIpc) is 2.64. The van der Waals surface area contributed by atoms with Crippen molar-refractivity contribution in [2.24, 2.45) is 0 Å². The third kappa shape index (κ3) is 5.10. The van der Waals surface area contributed by atoms with Gasteiger partial charge in [-0.05, 0) is 42.5 Å². The second-order valence-electron chi connectivity index (χ2n) is 6.23. The first-order chi connectivity index (χ1) is 12.5. The first kappa shape index (κ1) is 19.0. The highest BCUT2D eigenvalue weighted by molar-refractivity contribution is 6.35. The van der Waals surface area contributed by atoms with Gasteiger partial charge in [-0.3, -0.25) is 9.69 Å². The maximum Gasteiger partial charge on any atom is 0.225 e. The van der Waals surface area contributed by atoms with E-state index in [-0.39, 0.29) is 11.7 Å². The Morgan fingerprint density at radius 1 is 1.04 bits per heavy atom. The van der Waals surface area contributed by atoms with Crippen LogP contribution in [0.1, 0.15) is 6.42 Å². The number of anilines is 2. The second kappa shape index (κ2) is 8.71. The fourth-order valence-corrected chi connectivity index (χ4v) is 3.28. The van der Waals surface area contributed by atoms with E-state index in [4.69, 9.17) is 23.2 Å². The summed E-state index contributed by atoms with van der Waals surface area (Å²) in [5, 5.41) is 3.80. The molecule has 0 spiro atoms. The van der Waals surface area contributed by atoms with Crippen LogP contribution in [0.15, 0.2) is 42.5 Å². The Morgan fingerprint density at radius 3 is 2.42 bits per heavy atom. The van der Waals surface area contributed by atoms with E-state index in [1.807, 2.05) is 0 Å². The van der Waals surface area contributed by atoms with Gasteiger partial charge >= 0.3 is 0 Å². The van der Waals surface area contributed by atoms with Crippen molar-refractivity contribution in [3.05, 3.63) is 58.3 Å². The maximum absolute atomic E-state index is 13.0. The third-order valence-corrected chi connectivity index (χ3v) is 4.99. The molecule has 0 unspecified atom stereocenters. The summed E-state index contributed by atoms with van der Waals surface area (Å²) in [6.45, 7) is 4.12. The Labute approximate surface area is 162 Å². The van der Waals surface area contributed by atoms with Gasteiger partial charge in [0, 0.05) is 49.9 Å². The van der Waals surface area contributed by atoms with Crippen molar-refractivity contribution < 1.29 is 9.18 Å². The zero-order valence-electron chi connectivity index (χ0n) is 14.2. The molecule has 1 heterocycles. The largest absolute Gasteiger partial charge is 0.369 e. The molecule has 2 aromatic rings. The summed E-state index contributed by atoms with van der Waals surface area (Å²) >= 11 is 12.0. The van der Waals surface area contributed by atoms with Gasteiger partial charge in [0.1, 0.15) is 5.82 Å². The normalized spacial score (nSPS) is 15.1. The predicted octanol–water partition coefficient (Wildman–Crippen LogP) is 4.28. The van der Waals surface area contributed by atoms with Gasteiger partial charge in [0.25, 0.3) is 0 Å². The van der Waals surface area contributed by atoms with Crippen LogP contribution in [-0.4, -0.2) is 43.5 Å². The van der Waals surface area contributed by atoms with Gasteiger partial charge < -0.3 is 10.2 Å². The van der Waals surface area contributed by atoms with Gasteiger partial charge in [-0.1, -0.05) is 23.2 Å². The van der Waals surface area contributed by atoms with Crippen molar-refractivity contribution in [1.29, 1.82) is 0 Å². The Bertz CT molecular complexity index is 762. The van der Waals surface area contributed by atoms with Crippen molar-refractivity contribution in [2.45, 2.75) is 6.42 Å². The number of carbonyl (C=O) groups excluding carboxylic acids is 1. The molecule has 1 N–H and O–H groups in total. The summed E-state index contributed by atoms with van der Waals surface area (Å²) in [6.07, 6.45) is 0.388. The summed E-state index contributed by atoms with van der Waals surface area (Å²) in [5.74, 6) is -0.312. The first-order valence-electron chi connectivity index (χ1n) is 8.49. The number of amides is 1.